The zero-order chi connectivity index (χ0) is 16.9. The maximum atomic E-state index is 12.5. The third kappa shape index (κ3) is 3.97. The summed E-state index contributed by atoms with van der Waals surface area (Å²) in [6, 6.07) is 15.4. The van der Waals surface area contributed by atoms with Crippen molar-refractivity contribution >= 4 is 21.8 Å². The number of likely N-dealkylation sites (tertiary alicyclic amines) is 1. The molecule has 0 unspecified atom stereocenters. The lowest BCUT2D eigenvalue weighted by Crippen LogP contribution is -2.29. The zero-order valence-corrected chi connectivity index (χ0v) is 15.0. The highest BCUT2D eigenvalue weighted by molar-refractivity contribution is 9.10. The van der Waals surface area contributed by atoms with Crippen molar-refractivity contribution in [3.63, 3.8) is 0 Å². The summed E-state index contributed by atoms with van der Waals surface area (Å²) in [5, 5.41) is 0. The van der Waals surface area contributed by atoms with Crippen LogP contribution >= 0.6 is 15.9 Å². The summed E-state index contributed by atoms with van der Waals surface area (Å²) in [6.45, 7) is 2.68. The third-order valence-corrected chi connectivity index (χ3v) is 4.99. The van der Waals surface area contributed by atoms with Crippen molar-refractivity contribution in [2.45, 2.75) is 13.0 Å². The molecule has 4 nitrogen and oxygen atoms in total. The van der Waals surface area contributed by atoms with Crippen molar-refractivity contribution in [1.82, 2.24) is 4.90 Å². The highest BCUT2D eigenvalue weighted by atomic mass is 79.9. The van der Waals surface area contributed by atoms with Crippen LogP contribution in [0.1, 0.15) is 22.3 Å². The van der Waals surface area contributed by atoms with Gasteiger partial charge in [-0.3, -0.25) is 4.79 Å². The van der Waals surface area contributed by atoms with E-state index in [0.717, 1.165) is 40.9 Å². The first-order chi connectivity index (χ1) is 11.7. The molecule has 0 saturated carbocycles. The summed E-state index contributed by atoms with van der Waals surface area (Å²) in [6.07, 6.45) is 1.00. The maximum absolute atomic E-state index is 12.5. The van der Waals surface area contributed by atoms with Crippen LogP contribution in [0.4, 0.5) is 0 Å². The number of nitrogens with two attached hydrogens (primary N) is 1. The number of hydrogen-bond acceptors (Lipinski definition) is 3. The Morgan fingerprint density at radius 3 is 2.62 bits per heavy atom. The summed E-state index contributed by atoms with van der Waals surface area (Å²) >= 11 is 3.46. The number of benzene rings is 2. The number of ether oxygens (including phenoxy) is 1. The van der Waals surface area contributed by atoms with E-state index >= 15 is 0 Å². The minimum absolute atomic E-state index is 0.0872. The molecule has 2 N–H and O–H groups in total. The molecule has 1 amide bonds. The van der Waals surface area contributed by atoms with Gasteiger partial charge in [-0.1, -0.05) is 24.3 Å². The van der Waals surface area contributed by atoms with Gasteiger partial charge in [0.1, 0.15) is 12.4 Å². The molecule has 0 aromatic heterocycles. The van der Waals surface area contributed by atoms with Gasteiger partial charge in [-0.15, -0.1) is 0 Å². The number of nitrogens with zero attached hydrogens (tertiary/aromatic N) is 1. The van der Waals surface area contributed by atoms with Gasteiger partial charge in [-0.2, -0.15) is 0 Å². The molecule has 1 saturated heterocycles. The van der Waals surface area contributed by atoms with Crippen molar-refractivity contribution in [2.24, 2.45) is 11.7 Å². The normalized spacial score (nSPS) is 17.1. The summed E-state index contributed by atoms with van der Waals surface area (Å²) < 4.78 is 6.73. The standard InChI is InChI=1S/C19H21BrN2O2/c20-17-3-1-2-4-18(17)24-13-14-5-7-16(8-6-14)19(23)22-10-9-15(11-21)12-22/h1-8,15H,9-13,21H2/t15-/m0/s1. The largest absolute Gasteiger partial charge is 0.488 e. The molecule has 1 heterocycles. The summed E-state index contributed by atoms with van der Waals surface area (Å²) in [7, 11) is 0. The molecule has 24 heavy (non-hydrogen) atoms. The second-order valence-electron chi connectivity index (χ2n) is 6.06. The van der Waals surface area contributed by atoms with Crippen molar-refractivity contribution in [3.05, 3.63) is 64.1 Å². The minimum Gasteiger partial charge on any atom is -0.488 e. The van der Waals surface area contributed by atoms with Gasteiger partial charge in [0.15, 0.2) is 0 Å². The lowest BCUT2D eigenvalue weighted by molar-refractivity contribution is 0.0787. The first-order valence-electron chi connectivity index (χ1n) is 8.13. The monoisotopic (exact) mass is 388 g/mol. The van der Waals surface area contributed by atoms with Gasteiger partial charge in [0.05, 0.1) is 4.47 Å². The van der Waals surface area contributed by atoms with E-state index in [2.05, 4.69) is 15.9 Å². The van der Waals surface area contributed by atoms with Crippen LogP contribution in [-0.4, -0.2) is 30.4 Å². The van der Waals surface area contributed by atoms with Gasteiger partial charge in [-0.25, -0.2) is 0 Å². The van der Waals surface area contributed by atoms with Gasteiger partial charge in [0.25, 0.3) is 5.91 Å². The van der Waals surface area contributed by atoms with Crippen molar-refractivity contribution < 1.29 is 9.53 Å². The van der Waals surface area contributed by atoms with Crippen LogP contribution in [0, 0.1) is 5.92 Å². The topological polar surface area (TPSA) is 55.6 Å². The number of halogens is 1. The lowest BCUT2D eigenvalue weighted by atomic mass is 10.1. The number of carbonyl (C=O) groups excluding carboxylic acids is 1. The highest BCUT2D eigenvalue weighted by Crippen LogP contribution is 2.25. The Morgan fingerprint density at radius 2 is 1.96 bits per heavy atom. The fourth-order valence-corrected chi connectivity index (χ4v) is 3.26. The molecule has 3 rings (SSSR count). The Balaban J connectivity index is 1.59. The molecule has 1 aliphatic rings. The van der Waals surface area contributed by atoms with Crippen LogP contribution in [0.3, 0.4) is 0 Å². The van der Waals surface area contributed by atoms with E-state index in [-0.39, 0.29) is 5.91 Å². The molecule has 1 fully saturated rings. The van der Waals surface area contributed by atoms with Crippen molar-refractivity contribution in [1.29, 1.82) is 0 Å². The van der Waals surface area contributed by atoms with E-state index in [0.29, 0.717) is 19.1 Å². The molecule has 0 aliphatic carbocycles. The number of carbonyl (C=O) groups is 1. The SMILES string of the molecule is NC[C@@H]1CCN(C(=O)c2ccc(COc3ccccc3Br)cc2)C1. The predicted molar refractivity (Wildman–Crippen MR) is 98.0 cm³/mol. The maximum Gasteiger partial charge on any atom is 0.253 e. The second-order valence-corrected chi connectivity index (χ2v) is 6.91. The molecule has 0 spiro atoms. The molecular weight excluding hydrogens is 368 g/mol. The third-order valence-electron chi connectivity index (χ3n) is 4.34. The average Bonchev–Trinajstić information content (AvgIpc) is 3.10. The Hall–Kier alpha value is -1.85. The molecule has 2 aromatic carbocycles. The van der Waals surface area contributed by atoms with E-state index in [1.165, 1.54) is 0 Å². The van der Waals surface area contributed by atoms with E-state index in [4.69, 9.17) is 10.5 Å². The van der Waals surface area contributed by atoms with Crippen LogP contribution in [0.5, 0.6) is 5.75 Å². The lowest BCUT2D eigenvalue weighted by Gasteiger charge is -2.16. The van der Waals surface area contributed by atoms with Gasteiger partial charge < -0.3 is 15.4 Å². The summed E-state index contributed by atoms with van der Waals surface area (Å²) in [5.41, 5.74) is 7.44. The Kier molecular flexibility index (Phi) is 5.53. The molecule has 5 heteroatoms. The first-order valence-corrected chi connectivity index (χ1v) is 8.92. The van der Waals surface area contributed by atoms with Crippen LogP contribution in [-0.2, 0) is 6.61 Å². The van der Waals surface area contributed by atoms with Crippen molar-refractivity contribution in [3.8, 4) is 5.75 Å². The zero-order valence-electron chi connectivity index (χ0n) is 13.5. The number of para-hydroxylation sites is 1. The predicted octanol–water partition coefficient (Wildman–Crippen LogP) is 3.45. The molecular formula is C19H21BrN2O2. The molecule has 0 bridgehead atoms. The molecule has 0 radical (unpaired) electrons. The molecule has 1 aliphatic heterocycles. The quantitative estimate of drug-likeness (QED) is 0.852. The van der Waals surface area contributed by atoms with Gasteiger partial charge in [-0.05, 0) is 64.6 Å². The van der Waals surface area contributed by atoms with E-state index < -0.39 is 0 Å². The Morgan fingerprint density at radius 1 is 1.21 bits per heavy atom. The Labute approximate surface area is 150 Å². The summed E-state index contributed by atoms with van der Waals surface area (Å²) in [5.74, 6) is 1.33. The molecule has 126 valence electrons. The van der Waals surface area contributed by atoms with Crippen molar-refractivity contribution in [2.75, 3.05) is 19.6 Å². The number of hydrogen-bond donors (Lipinski definition) is 1. The van der Waals surface area contributed by atoms with Crippen LogP contribution in [0.2, 0.25) is 0 Å². The number of rotatable bonds is 5. The first kappa shape index (κ1) is 17.0. The highest BCUT2D eigenvalue weighted by Gasteiger charge is 2.25. The molecule has 2 aromatic rings. The number of amides is 1. The minimum atomic E-state index is 0.0872. The van der Waals surface area contributed by atoms with Crippen LogP contribution < -0.4 is 10.5 Å². The van der Waals surface area contributed by atoms with Gasteiger partial charge in [0, 0.05) is 18.7 Å². The van der Waals surface area contributed by atoms with E-state index in [1.54, 1.807) is 0 Å². The van der Waals surface area contributed by atoms with Crippen LogP contribution in [0.25, 0.3) is 0 Å². The van der Waals surface area contributed by atoms with E-state index in [9.17, 15) is 4.79 Å². The molecule has 1 atom stereocenters. The second kappa shape index (κ2) is 7.81. The van der Waals surface area contributed by atoms with Crippen LogP contribution in [0.15, 0.2) is 53.0 Å². The fourth-order valence-electron chi connectivity index (χ4n) is 2.86. The van der Waals surface area contributed by atoms with Gasteiger partial charge >= 0.3 is 0 Å². The Bertz CT molecular complexity index is 703. The smallest absolute Gasteiger partial charge is 0.253 e. The average molecular weight is 389 g/mol. The fraction of sp³-hybridized carbons (Fsp3) is 0.316. The summed E-state index contributed by atoms with van der Waals surface area (Å²) in [4.78, 5) is 14.4. The van der Waals surface area contributed by atoms with Gasteiger partial charge in [0.2, 0.25) is 0 Å². The van der Waals surface area contributed by atoms with E-state index in [1.807, 2.05) is 53.4 Å².